The zero-order valence-corrected chi connectivity index (χ0v) is 11.0. The molecule has 18 heavy (non-hydrogen) atoms. The Bertz CT molecular complexity index is 282. The molecule has 6 nitrogen and oxygen atoms in total. The van der Waals surface area contributed by atoms with Crippen molar-refractivity contribution in [3.8, 4) is 0 Å². The van der Waals surface area contributed by atoms with Gasteiger partial charge in [-0.05, 0) is 18.8 Å². The molecule has 0 radical (unpaired) electrons. The first-order valence-corrected chi connectivity index (χ1v) is 6.84. The summed E-state index contributed by atoms with van der Waals surface area (Å²) in [5.74, 6) is 0.474. The number of morpholine rings is 1. The fourth-order valence-electron chi connectivity index (χ4n) is 2.83. The van der Waals surface area contributed by atoms with Crippen molar-refractivity contribution in [2.75, 3.05) is 33.0 Å². The van der Waals surface area contributed by atoms with Crippen molar-refractivity contribution in [2.45, 2.75) is 38.3 Å². The minimum absolute atomic E-state index is 0.0269. The molecule has 1 aliphatic heterocycles. The van der Waals surface area contributed by atoms with Gasteiger partial charge in [0.1, 0.15) is 0 Å². The average Bonchev–Trinajstić information content (AvgIpc) is 2.38. The van der Waals surface area contributed by atoms with Crippen LogP contribution in [0, 0.1) is 16.0 Å². The van der Waals surface area contributed by atoms with Gasteiger partial charge < -0.3 is 4.74 Å². The van der Waals surface area contributed by atoms with Crippen LogP contribution in [-0.4, -0.2) is 54.9 Å². The summed E-state index contributed by atoms with van der Waals surface area (Å²) in [5.41, 5.74) is 0. The van der Waals surface area contributed by atoms with Crippen molar-refractivity contribution in [1.29, 1.82) is 0 Å². The van der Waals surface area contributed by atoms with Gasteiger partial charge in [0.25, 0.3) is 0 Å². The molecule has 1 aliphatic carbocycles. The topological polar surface area (TPSA) is 67.6 Å². The summed E-state index contributed by atoms with van der Waals surface area (Å²) in [7, 11) is 0. The Hall–Kier alpha value is -0.720. The highest BCUT2D eigenvalue weighted by Gasteiger charge is 2.36. The molecule has 0 aromatic carbocycles. The van der Waals surface area contributed by atoms with E-state index < -0.39 is 6.04 Å². The molecule has 1 saturated carbocycles. The zero-order chi connectivity index (χ0) is 13.0. The Morgan fingerprint density at radius 3 is 2.78 bits per heavy atom. The van der Waals surface area contributed by atoms with E-state index >= 15 is 0 Å². The lowest BCUT2D eigenvalue weighted by atomic mass is 9.84. The molecule has 3 atom stereocenters. The predicted molar refractivity (Wildman–Crippen MR) is 68.0 cm³/mol. The van der Waals surface area contributed by atoms with E-state index in [1.165, 1.54) is 0 Å². The van der Waals surface area contributed by atoms with E-state index in [9.17, 15) is 10.1 Å². The maximum absolute atomic E-state index is 11.1. The summed E-state index contributed by atoms with van der Waals surface area (Å²) in [6.45, 7) is 6.21. The molecule has 104 valence electrons. The van der Waals surface area contributed by atoms with E-state index in [0.717, 1.165) is 45.8 Å². The highest BCUT2D eigenvalue weighted by atomic mass is 16.6. The van der Waals surface area contributed by atoms with Crippen LogP contribution in [0.1, 0.15) is 26.2 Å². The maximum Gasteiger partial charge on any atom is 0.228 e. The van der Waals surface area contributed by atoms with Crippen LogP contribution in [0.3, 0.4) is 0 Å². The van der Waals surface area contributed by atoms with Crippen molar-refractivity contribution in [1.82, 2.24) is 10.2 Å². The van der Waals surface area contributed by atoms with Crippen molar-refractivity contribution >= 4 is 0 Å². The molecule has 1 heterocycles. The van der Waals surface area contributed by atoms with E-state index in [1.807, 2.05) is 0 Å². The molecular formula is C12H23N3O3. The number of rotatable bonds is 4. The van der Waals surface area contributed by atoms with Gasteiger partial charge in [-0.25, -0.2) is 0 Å². The van der Waals surface area contributed by atoms with Crippen molar-refractivity contribution in [3.63, 3.8) is 0 Å². The molecule has 0 bridgehead atoms. The van der Waals surface area contributed by atoms with Gasteiger partial charge in [0, 0.05) is 31.1 Å². The predicted octanol–water partition coefficient (Wildman–Crippen LogP) is 0.700. The normalized spacial score (nSPS) is 34.4. The number of nitro groups is 1. The number of ether oxygens (including phenoxy) is 1. The second-order valence-electron chi connectivity index (χ2n) is 5.47. The lowest BCUT2D eigenvalue weighted by Gasteiger charge is -2.33. The van der Waals surface area contributed by atoms with Crippen LogP contribution in [0.15, 0.2) is 0 Å². The first-order chi connectivity index (χ1) is 8.66. The third kappa shape index (κ3) is 3.63. The van der Waals surface area contributed by atoms with E-state index in [4.69, 9.17) is 4.74 Å². The Balaban J connectivity index is 1.80. The minimum atomic E-state index is -0.421. The van der Waals surface area contributed by atoms with Crippen LogP contribution in [0.25, 0.3) is 0 Å². The van der Waals surface area contributed by atoms with Crippen LogP contribution >= 0.6 is 0 Å². The van der Waals surface area contributed by atoms with Crippen LogP contribution in [-0.2, 0) is 4.74 Å². The summed E-state index contributed by atoms with van der Waals surface area (Å²) < 4.78 is 5.29. The van der Waals surface area contributed by atoms with E-state index in [-0.39, 0.29) is 11.0 Å². The molecule has 0 spiro atoms. The Morgan fingerprint density at radius 1 is 1.39 bits per heavy atom. The summed E-state index contributed by atoms with van der Waals surface area (Å²) >= 11 is 0. The van der Waals surface area contributed by atoms with Crippen LogP contribution in [0.4, 0.5) is 0 Å². The van der Waals surface area contributed by atoms with Gasteiger partial charge in [0.05, 0.1) is 19.3 Å². The van der Waals surface area contributed by atoms with Crippen molar-refractivity contribution in [2.24, 2.45) is 5.92 Å². The Labute approximate surface area is 108 Å². The summed E-state index contributed by atoms with van der Waals surface area (Å²) in [6, 6.07) is -0.395. The molecule has 6 heteroatoms. The second-order valence-corrected chi connectivity index (χ2v) is 5.47. The number of hydrogen-bond acceptors (Lipinski definition) is 5. The Kier molecular flexibility index (Phi) is 4.91. The van der Waals surface area contributed by atoms with Gasteiger partial charge in [0.15, 0.2) is 0 Å². The van der Waals surface area contributed by atoms with E-state index in [2.05, 4.69) is 17.1 Å². The van der Waals surface area contributed by atoms with Gasteiger partial charge >= 0.3 is 0 Å². The van der Waals surface area contributed by atoms with E-state index in [1.54, 1.807) is 0 Å². The quantitative estimate of drug-likeness (QED) is 0.593. The van der Waals surface area contributed by atoms with Gasteiger partial charge in [-0.3, -0.25) is 20.3 Å². The molecule has 2 rings (SSSR count). The first-order valence-electron chi connectivity index (χ1n) is 6.84. The lowest BCUT2D eigenvalue weighted by Crippen LogP contribution is -2.52. The highest BCUT2D eigenvalue weighted by Crippen LogP contribution is 2.25. The van der Waals surface area contributed by atoms with E-state index in [0.29, 0.717) is 12.3 Å². The second kappa shape index (κ2) is 6.45. The zero-order valence-electron chi connectivity index (χ0n) is 11.0. The molecule has 3 unspecified atom stereocenters. The van der Waals surface area contributed by atoms with Gasteiger partial charge in [0.2, 0.25) is 6.04 Å². The fourth-order valence-corrected chi connectivity index (χ4v) is 2.83. The molecule has 2 fully saturated rings. The van der Waals surface area contributed by atoms with Crippen molar-refractivity contribution < 1.29 is 9.66 Å². The molecular weight excluding hydrogens is 234 g/mol. The van der Waals surface area contributed by atoms with Crippen molar-refractivity contribution in [3.05, 3.63) is 10.1 Å². The molecule has 0 aromatic rings. The first kappa shape index (κ1) is 13.7. The van der Waals surface area contributed by atoms with Crippen LogP contribution in [0.5, 0.6) is 0 Å². The average molecular weight is 257 g/mol. The standard InChI is InChI=1S/C12H23N3O3/c1-10-2-3-11(12(8-10)15(16)17)13-9-14-4-6-18-7-5-14/h10-13H,2-9H2,1H3. The maximum atomic E-state index is 11.1. The summed E-state index contributed by atoms with van der Waals surface area (Å²) in [5, 5.41) is 14.5. The largest absolute Gasteiger partial charge is 0.379 e. The monoisotopic (exact) mass is 257 g/mol. The lowest BCUT2D eigenvalue weighted by molar-refractivity contribution is -0.531. The fraction of sp³-hybridized carbons (Fsp3) is 1.00. The summed E-state index contributed by atoms with van der Waals surface area (Å²) in [6.07, 6.45) is 2.70. The number of nitrogens with one attached hydrogen (secondary N) is 1. The number of nitrogens with zero attached hydrogens (tertiary/aromatic N) is 2. The highest BCUT2D eigenvalue weighted by molar-refractivity contribution is 4.83. The molecule has 1 saturated heterocycles. The smallest absolute Gasteiger partial charge is 0.228 e. The van der Waals surface area contributed by atoms with Gasteiger partial charge in [-0.1, -0.05) is 6.92 Å². The van der Waals surface area contributed by atoms with Gasteiger partial charge in [-0.15, -0.1) is 0 Å². The van der Waals surface area contributed by atoms with Crippen LogP contribution < -0.4 is 5.32 Å². The van der Waals surface area contributed by atoms with Gasteiger partial charge in [-0.2, -0.15) is 0 Å². The number of hydrogen-bond donors (Lipinski definition) is 1. The molecule has 1 N–H and O–H groups in total. The van der Waals surface area contributed by atoms with Crippen LogP contribution in [0.2, 0.25) is 0 Å². The third-order valence-corrected chi connectivity index (χ3v) is 4.03. The SMILES string of the molecule is CC1CCC(NCN2CCOCC2)C([N+](=O)[O-])C1. The summed E-state index contributed by atoms with van der Waals surface area (Å²) in [4.78, 5) is 13.3. The minimum Gasteiger partial charge on any atom is -0.379 e. The molecule has 0 aromatic heterocycles. The molecule has 2 aliphatic rings. The third-order valence-electron chi connectivity index (χ3n) is 4.03. The Morgan fingerprint density at radius 2 is 2.11 bits per heavy atom. The molecule has 0 amide bonds.